The van der Waals surface area contributed by atoms with E-state index < -0.39 is 0 Å². The molecule has 2 amide bonds. The molecule has 1 N–H and O–H groups in total. The van der Waals surface area contributed by atoms with Gasteiger partial charge in [-0.1, -0.05) is 55.8 Å². The highest BCUT2D eigenvalue weighted by molar-refractivity contribution is 7.99. The standard InChI is InChI=1S/C21H26N2O2S/c1-2-3-13-22-21(24)23-14-15-26-20(23)18-9-11-19(12-10-18)25-16-17-7-5-4-6-8-17/h4-12,20H,2-3,13-16H2,1H3,(H,22,24). The highest BCUT2D eigenvalue weighted by atomic mass is 32.2. The van der Waals surface area contributed by atoms with Crippen LogP contribution in [0.2, 0.25) is 0 Å². The van der Waals surface area contributed by atoms with Crippen LogP contribution in [-0.2, 0) is 6.61 Å². The molecule has 1 atom stereocenters. The summed E-state index contributed by atoms with van der Waals surface area (Å²) in [6, 6.07) is 18.3. The van der Waals surface area contributed by atoms with E-state index in [0.717, 1.165) is 48.6 Å². The maximum absolute atomic E-state index is 12.4. The number of hydrogen-bond donors (Lipinski definition) is 1. The van der Waals surface area contributed by atoms with Gasteiger partial charge >= 0.3 is 6.03 Å². The van der Waals surface area contributed by atoms with E-state index in [0.29, 0.717) is 6.61 Å². The van der Waals surface area contributed by atoms with Crippen molar-refractivity contribution < 1.29 is 9.53 Å². The van der Waals surface area contributed by atoms with Crippen molar-refractivity contribution in [1.82, 2.24) is 10.2 Å². The first-order valence-electron chi connectivity index (χ1n) is 9.20. The maximum atomic E-state index is 12.4. The van der Waals surface area contributed by atoms with Crippen molar-refractivity contribution in [2.75, 3.05) is 18.8 Å². The Morgan fingerprint density at radius 1 is 1.19 bits per heavy atom. The normalized spacial score (nSPS) is 16.5. The molecule has 1 heterocycles. The third kappa shape index (κ3) is 4.94. The SMILES string of the molecule is CCCCNC(=O)N1CCSC1c1ccc(OCc2ccccc2)cc1. The third-order valence-corrected chi connectivity index (χ3v) is 5.63. The molecule has 3 rings (SSSR count). The van der Waals surface area contributed by atoms with Crippen molar-refractivity contribution >= 4 is 17.8 Å². The number of carbonyl (C=O) groups excluding carboxylic acids is 1. The number of nitrogens with one attached hydrogen (secondary N) is 1. The molecule has 2 aromatic rings. The van der Waals surface area contributed by atoms with Crippen LogP contribution in [0.4, 0.5) is 4.79 Å². The zero-order valence-electron chi connectivity index (χ0n) is 15.2. The van der Waals surface area contributed by atoms with Gasteiger partial charge in [0, 0.05) is 18.8 Å². The fourth-order valence-corrected chi connectivity index (χ4v) is 4.15. The minimum Gasteiger partial charge on any atom is -0.489 e. The predicted octanol–water partition coefficient (Wildman–Crippen LogP) is 4.82. The lowest BCUT2D eigenvalue weighted by atomic mass is 10.2. The van der Waals surface area contributed by atoms with E-state index >= 15 is 0 Å². The minimum atomic E-state index is 0.0397. The summed E-state index contributed by atoms with van der Waals surface area (Å²) in [7, 11) is 0. The molecule has 1 unspecified atom stereocenters. The molecule has 0 aromatic heterocycles. The average Bonchev–Trinajstić information content (AvgIpc) is 3.18. The van der Waals surface area contributed by atoms with Crippen LogP contribution in [0.1, 0.15) is 36.3 Å². The summed E-state index contributed by atoms with van der Waals surface area (Å²) >= 11 is 1.81. The monoisotopic (exact) mass is 370 g/mol. The first-order chi connectivity index (χ1) is 12.8. The number of rotatable bonds is 7. The summed E-state index contributed by atoms with van der Waals surface area (Å²) in [5.74, 6) is 1.82. The van der Waals surface area contributed by atoms with Gasteiger partial charge in [-0.2, -0.15) is 0 Å². The summed E-state index contributed by atoms with van der Waals surface area (Å²) in [4.78, 5) is 14.3. The maximum Gasteiger partial charge on any atom is 0.318 e. The van der Waals surface area contributed by atoms with E-state index in [1.807, 2.05) is 47.0 Å². The van der Waals surface area contributed by atoms with Gasteiger partial charge in [-0.25, -0.2) is 4.79 Å². The van der Waals surface area contributed by atoms with Crippen LogP contribution < -0.4 is 10.1 Å². The summed E-state index contributed by atoms with van der Waals surface area (Å²) < 4.78 is 5.85. The van der Waals surface area contributed by atoms with Crippen LogP contribution in [0.5, 0.6) is 5.75 Å². The van der Waals surface area contributed by atoms with Crippen molar-refractivity contribution in [3.8, 4) is 5.75 Å². The van der Waals surface area contributed by atoms with Crippen LogP contribution in [0.3, 0.4) is 0 Å². The largest absolute Gasteiger partial charge is 0.489 e. The molecule has 138 valence electrons. The van der Waals surface area contributed by atoms with Crippen molar-refractivity contribution in [2.45, 2.75) is 31.7 Å². The summed E-state index contributed by atoms with van der Waals surface area (Å²) in [5, 5.41) is 3.11. The molecule has 0 saturated carbocycles. The number of benzene rings is 2. The Morgan fingerprint density at radius 2 is 1.96 bits per heavy atom. The summed E-state index contributed by atoms with van der Waals surface area (Å²) in [5.41, 5.74) is 2.29. The highest BCUT2D eigenvalue weighted by Crippen LogP contribution is 2.38. The van der Waals surface area contributed by atoms with Crippen LogP contribution in [0.25, 0.3) is 0 Å². The predicted molar refractivity (Wildman–Crippen MR) is 107 cm³/mol. The molecule has 26 heavy (non-hydrogen) atoms. The number of hydrogen-bond acceptors (Lipinski definition) is 3. The molecular weight excluding hydrogens is 344 g/mol. The van der Waals surface area contributed by atoms with Crippen LogP contribution >= 0.6 is 11.8 Å². The second-order valence-electron chi connectivity index (χ2n) is 6.35. The van der Waals surface area contributed by atoms with E-state index in [4.69, 9.17) is 4.74 Å². The molecule has 1 fully saturated rings. The van der Waals surface area contributed by atoms with Crippen molar-refractivity contribution in [3.05, 3.63) is 65.7 Å². The lowest BCUT2D eigenvalue weighted by Crippen LogP contribution is -2.39. The minimum absolute atomic E-state index is 0.0397. The van der Waals surface area contributed by atoms with Gasteiger partial charge in [0.25, 0.3) is 0 Å². The van der Waals surface area contributed by atoms with Crippen molar-refractivity contribution in [3.63, 3.8) is 0 Å². The molecule has 1 aliphatic heterocycles. The quantitative estimate of drug-likeness (QED) is 0.710. The average molecular weight is 371 g/mol. The van der Waals surface area contributed by atoms with Crippen LogP contribution in [0, 0.1) is 0 Å². The second kappa shape index (κ2) is 9.53. The molecular formula is C21H26N2O2S. The van der Waals surface area contributed by atoms with Gasteiger partial charge in [-0.3, -0.25) is 0 Å². The molecule has 2 aromatic carbocycles. The number of unbranched alkanes of at least 4 members (excludes halogenated alkanes) is 1. The number of amides is 2. The molecule has 0 bridgehead atoms. The number of nitrogens with zero attached hydrogens (tertiary/aromatic N) is 1. The second-order valence-corrected chi connectivity index (χ2v) is 7.53. The molecule has 5 heteroatoms. The van der Waals surface area contributed by atoms with E-state index in [1.165, 1.54) is 0 Å². The fourth-order valence-electron chi connectivity index (χ4n) is 2.90. The molecule has 1 aliphatic rings. The van der Waals surface area contributed by atoms with Crippen LogP contribution in [0.15, 0.2) is 54.6 Å². The van der Waals surface area contributed by atoms with E-state index in [-0.39, 0.29) is 11.4 Å². The summed E-state index contributed by atoms with van der Waals surface area (Å²) in [6.07, 6.45) is 2.10. The van der Waals surface area contributed by atoms with Gasteiger partial charge in [0.1, 0.15) is 17.7 Å². The first kappa shape index (κ1) is 18.6. The Balaban J connectivity index is 1.57. The van der Waals surface area contributed by atoms with Gasteiger partial charge in [-0.05, 0) is 29.7 Å². The number of carbonyl (C=O) groups is 1. The number of ether oxygens (including phenoxy) is 1. The molecule has 0 radical (unpaired) electrons. The Morgan fingerprint density at radius 3 is 2.69 bits per heavy atom. The van der Waals surface area contributed by atoms with Crippen molar-refractivity contribution in [2.24, 2.45) is 0 Å². The molecule has 0 spiro atoms. The lowest BCUT2D eigenvalue weighted by molar-refractivity contribution is 0.200. The topological polar surface area (TPSA) is 41.6 Å². The Bertz CT molecular complexity index is 691. The first-order valence-corrected chi connectivity index (χ1v) is 10.3. The molecule has 1 saturated heterocycles. The van der Waals surface area contributed by atoms with Crippen molar-refractivity contribution in [1.29, 1.82) is 0 Å². The highest BCUT2D eigenvalue weighted by Gasteiger charge is 2.30. The summed E-state index contributed by atoms with van der Waals surface area (Å²) in [6.45, 7) is 4.22. The smallest absolute Gasteiger partial charge is 0.318 e. The zero-order valence-corrected chi connectivity index (χ0v) is 16.0. The Hall–Kier alpha value is -2.14. The lowest BCUT2D eigenvalue weighted by Gasteiger charge is -2.24. The van der Waals surface area contributed by atoms with Gasteiger partial charge < -0.3 is 15.0 Å². The fraction of sp³-hybridized carbons (Fsp3) is 0.381. The van der Waals surface area contributed by atoms with Gasteiger partial charge in [0.2, 0.25) is 0 Å². The van der Waals surface area contributed by atoms with E-state index in [1.54, 1.807) is 0 Å². The van der Waals surface area contributed by atoms with Crippen LogP contribution in [-0.4, -0.2) is 29.8 Å². The number of thioether (sulfide) groups is 1. The van der Waals surface area contributed by atoms with E-state index in [2.05, 4.69) is 36.5 Å². The zero-order chi connectivity index (χ0) is 18.2. The van der Waals surface area contributed by atoms with Gasteiger partial charge in [0.05, 0.1) is 0 Å². The van der Waals surface area contributed by atoms with E-state index in [9.17, 15) is 4.79 Å². The van der Waals surface area contributed by atoms with Gasteiger partial charge in [-0.15, -0.1) is 11.8 Å². The molecule has 0 aliphatic carbocycles. The Labute approximate surface area is 159 Å². The third-order valence-electron chi connectivity index (χ3n) is 4.37. The number of urea groups is 1. The van der Waals surface area contributed by atoms with Gasteiger partial charge in [0.15, 0.2) is 0 Å². The Kier molecular flexibility index (Phi) is 6.83. The molecule has 4 nitrogen and oxygen atoms in total.